The summed E-state index contributed by atoms with van der Waals surface area (Å²) in [6.07, 6.45) is 4.48. The Hall–Kier alpha value is -0.720. The van der Waals surface area contributed by atoms with E-state index in [9.17, 15) is 4.79 Å². The third kappa shape index (κ3) is 4.40. The van der Waals surface area contributed by atoms with Crippen molar-refractivity contribution in [3.63, 3.8) is 0 Å². The lowest BCUT2D eigenvalue weighted by Crippen LogP contribution is -2.44. The monoisotopic (exact) mass is 302 g/mol. The first-order valence-corrected chi connectivity index (χ1v) is 7.90. The maximum Gasteiger partial charge on any atom is 0.282 e. The van der Waals surface area contributed by atoms with Crippen molar-refractivity contribution in [3.05, 3.63) is 9.47 Å². The van der Waals surface area contributed by atoms with Gasteiger partial charge in [-0.05, 0) is 37.4 Å². The van der Waals surface area contributed by atoms with Crippen molar-refractivity contribution < 1.29 is 4.79 Å². The molecule has 1 aliphatic heterocycles. The number of aromatic nitrogens is 2. The lowest BCUT2D eigenvalue weighted by Gasteiger charge is -2.32. The SMILES string of the molecule is CCCCN1CCC(NC(=O)c2nnc(Cl)s2)CC1. The Morgan fingerprint density at radius 2 is 2.21 bits per heavy atom. The lowest BCUT2D eigenvalue weighted by molar-refractivity contribution is 0.0909. The zero-order valence-corrected chi connectivity index (χ0v) is 12.6. The Bertz CT molecular complexity index is 418. The summed E-state index contributed by atoms with van der Waals surface area (Å²) in [6.45, 7) is 5.49. The van der Waals surface area contributed by atoms with Gasteiger partial charge >= 0.3 is 0 Å². The molecule has 0 radical (unpaired) electrons. The Labute approximate surface area is 122 Å². The van der Waals surface area contributed by atoms with Crippen LogP contribution in [0.25, 0.3) is 0 Å². The summed E-state index contributed by atoms with van der Waals surface area (Å²) in [6, 6.07) is 0.244. The molecule has 0 spiro atoms. The van der Waals surface area contributed by atoms with E-state index >= 15 is 0 Å². The molecule has 0 saturated carbocycles. The number of hydrogen-bond donors (Lipinski definition) is 1. The number of piperidine rings is 1. The van der Waals surface area contributed by atoms with E-state index in [4.69, 9.17) is 11.6 Å². The quantitative estimate of drug-likeness (QED) is 0.906. The summed E-state index contributed by atoms with van der Waals surface area (Å²) < 4.78 is 0.305. The third-order valence-corrected chi connectivity index (χ3v) is 4.36. The van der Waals surface area contributed by atoms with E-state index in [-0.39, 0.29) is 11.9 Å². The number of carbonyl (C=O) groups is 1. The van der Waals surface area contributed by atoms with E-state index in [1.165, 1.54) is 19.4 Å². The van der Waals surface area contributed by atoms with Gasteiger partial charge in [0.2, 0.25) is 9.47 Å². The van der Waals surface area contributed by atoms with Crippen LogP contribution in [-0.4, -0.2) is 46.7 Å². The van der Waals surface area contributed by atoms with Crippen LogP contribution in [0.2, 0.25) is 4.47 Å². The molecule has 0 bridgehead atoms. The average Bonchev–Trinajstić information content (AvgIpc) is 2.85. The predicted molar refractivity (Wildman–Crippen MR) is 76.8 cm³/mol. The second-order valence-corrected chi connectivity index (χ2v) is 6.36. The minimum atomic E-state index is -0.156. The highest BCUT2D eigenvalue weighted by Gasteiger charge is 2.22. The lowest BCUT2D eigenvalue weighted by atomic mass is 10.0. The molecule has 0 aromatic carbocycles. The maximum atomic E-state index is 11.9. The smallest absolute Gasteiger partial charge is 0.282 e. The van der Waals surface area contributed by atoms with Gasteiger partial charge in [-0.3, -0.25) is 4.79 Å². The fraction of sp³-hybridized carbons (Fsp3) is 0.750. The minimum Gasteiger partial charge on any atom is -0.347 e. The van der Waals surface area contributed by atoms with Gasteiger partial charge in [0.15, 0.2) is 0 Å². The number of hydrogen-bond acceptors (Lipinski definition) is 5. The molecule has 1 aromatic rings. The fourth-order valence-corrected chi connectivity index (χ4v) is 2.96. The van der Waals surface area contributed by atoms with E-state index in [0.717, 1.165) is 37.3 Å². The van der Waals surface area contributed by atoms with Crippen molar-refractivity contribution in [2.45, 2.75) is 38.6 Å². The van der Waals surface area contributed by atoms with Crippen molar-refractivity contribution in [3.8, 4) is 0 Å². The minimum absolute atomic E-state index is 0.156. The van der Waals surface area contributed by atoms with Gasteiger partial charge in [-0.25, -0.2) is 0 Å². The summed E-state index contributed by atoms with van der Waals surface area (Å²) in [5, 5.41) is 10.7. The summed E-state index contributed by atoms with van der Waals surface area (Å²) in [7, 11) is 0. The highest BCUT2D eigenvalue weighted by Crippen LogP contribution is 2.16. The van der Waals surface area contributed by atoms with Gasteiger partial charge < -0.3 is 10.2 Å². The topological polar surface area (TPSA) is 58.1 Å². The predicted octanol–water partition coefficient (Wildman–Crippen LogP) is 2.19. The molecule has 0 atom stereocenters. The number of likely N-dealkylation sites (tertiary alicyclic amines) is 1. The first kappa shape index (κ1) is 14.7. The summed E-state index contributed by atoms with van der Waals surface area (Å²) >= 11 is 6.79. The number of rotatable bonds is 5. The highest BCUT2D eigenvalue weighted by atomic mass is 35.5. The van der Waals surface area contributed by atoms with E-state index < -0.39 is 0 Å². The Balaban J connectivity index is 1.75. The zero-order valence-electron chi connectivity index (χ0n) is 11.1. The summed E-state index contributed by atoms with van der Waals surface area (Å²) in [4.78, 5) is 14.4. The number of unbranched alkanes of at least 4 members (excludes halogenated alkanes) is 1. The van der Waals surface area contributed by atoms with Crippen molar-refractivity contribution in [2.24, 2.45) is 0 Å². The molecule has 19 heavy (non-hydrogen) atoms. The molecule has 1 aromatic heterocycles. The average molecular weight is 303 g/mol. The standard InChI is InChI=1S/C12H19ClN4OS/c1-2-3-6-17-7-4-9(5-8-17)14-10(18)11-15-16-12(13)19-11/h9H,2-8H2,1H3,(H,14,18). The van der Waals surface area contributed by atoms with Crippen LogP contribution in [0.3, 0.4) is 0 Å². The molecule has 2 rings (SSSR count). The molecule has 1 fully saturated rings. The third-order valence-electron chi connectivity index (χ3n) is 3.35. The van der Waals surface area contributed by atoms with Gasteiger partial charge in [0.1, 0.15) is 0 Å². The van der Waals surface area contributed by atoms with Crippen LogP contribution in [0.4, 0.5) is 0 Å². The van der Waals surface area contributed by atoms with Crippen molar-refractivity contribution in [2.75, 3.05) is 19.6 Å². The summed E-state index contributed by atoms with van der Waals surface area (Å²) in [5.74, 6) is -0.156. The van der Waals surface area contributed by atoms with E-state index in [1.54, 1.807) is 0 Å². The van der Waals surface area contributed by atoms with E-state index in [1.807, 2.05) is 0 Å². The second-order valence-electron chi connectivity index (χ2n) is 4.80. The van der Waals surface area contributed by atoms with Crippen molar-refractivity contribution in [1.29, 1.82) is 0 Å². The van der Waals surface area contributed by atoms with E-state index in [2.05, 4.69) is 27.3 Å². The fourth-order valence-electron chi connectivity index (χ4n) is 2.23. The van der Waals surface area contributed by atoms with Crippen LogP contribution in [0.1, 0.15) is 42.4 Å². The van der Waals surface area contributed by atoms with E-state index in [0.29, 0.717) is 9.47 Å². The van der Waals surface area contributed by atoms with Crippen LogP contribution < -0.4 is 5.32 Å². The largest absolute Gasteiger partial charge is 0.347 e. The van der Waals surface area contributed by atoms with Crippen molar-refractivity contribution in [1.82, 2.24) is 20.4 Å². The first-order valence-electron chi connectivity index (χ1n) is 6.71. The molecule has 1 amide bonds. The Morgan fingerprint density at radius 1 is 1.47 bits per heavy atom. The van der Waals surface area contributed by atoms with Gasteiger partial charge in [-0.2, -0.15) is 0 Å². The molecule has 106 valence electrons. The zero-order chi connectivity index (χ0) is 13.7. The van der Waals surface area contributed by atoms with Gasteiger partial charge in [-0.15, -0.1) is 10.2 Å². The van der Waals surface area contributed by atoms with Crippen LogP contribution in [0.5, 0.6) is 0 Å². The molecular weight excluding hydrogens is 284 g/mol. The number of nitrogens with zero attached hydrogens (tertiary/aromatic N) is 3. The van der Waals surface area contributed by atoms with Crippen LogP contribution >= 0.6 is 22.9 Å². The number of halogens is 1. The molecule has 7 heteroatoms. The molecule has 1 N–H and O–H groups in total. The molecule has 0 unspecified atom stereocenters. The molecule has 1 aliphatic rings. The Morgan fingerprint density at radius 3 is 2.79 bits per heavy atom. The molecule has 1 saturated heterocycles. The first-order chi connectivity index (χ1) is 9.19. The second kappa shape index (κ2) is 7.17. The summed E-state index contributed by atoms with van der Waals surface area (Å²) in [5.41, 5.74) is 0. The van der Waals surface area contributed by atoms with Gasteiger partial charge in [0.25, 0.3) is 5.91 Å². The van der Waals surface area contributed by atoms with Crippen LogP contribution in [0.15, 0.2) is 0 Å². The van der Waals surface area contributed by atoms with Crippen molar-refractivity contribution >= 4 is 28.8 Å². The Kier molecular flexibility index (Phi) is 5.54. The molecule has 2 heterocycles. The van der Waals surface area contributed by atoms with Gasteiger partial charge in [0.05, 0.1) is 0 Å². The number of nitrogens with one attached hydrogen (secondary N) is 1. The van der Waals surface area contributed by atoms with Gasteiger partial charge in [-0.1, -0.05) is 24.7 Å². The number of amides is 1. The molecular formula is C12H19ClN4OS. The van der Waals surface area contributed by atoms with Crippen LogP contribution in [0, 0.1) is 0 Å². The number of carbonyl (C=O) groups excluding carboxylic acids is 1. The highest BCUT2D eigenvalue weighted by molar-refractivity contribution is 7.17. The molecule has 0 aliphatic carbocycles. The molecule has 5 nitrogen and oxygen atoms in total. The maximum absolute atomic E-state index is 11.9. The van der Waals surface area contributed by atoms with Crippen LogP contribution in [-0.2, 0) is 0 Å². The van der Waals surface area contributed by atoms with Gasteiger partial charge in [0, 0.05) is 19.1 Å². The normalized spacial score (nSPS) is 17.6.